The number of aliphatic hydroxyl groups is 4. The molecular weight excluding hydrogens is 1500 g/mol. The number of ether oxygens (including phenoxy) is 2. The summed E-state index contributed by atoms with van der Waals surface area (Å²) in [5.41, 5.74) is -2.31. The van der Waals surface area contributed by atoms with Gasteiger partial charge in [-0.3, -0.25) is 19.2 Å². The van der Waals surface area contributed by atoms with Crippen molar-refractivity contribution in [2.24, 2.45) is 164 Å². The summed E-state index contributed by atoms with van der Waals surface area (Å²) in [5, 5.41) is 74.6. The molecule has 118 heavy (non-hydrogen) atoms. The molecule has 22 nitrogen and oxygen atoms in total. The lowest BCUT2D eigenvalue weighted by atomic mass is 9.48. The second kappa shape index (κ2) is 32.8. The summed E-state index contributed by atoms with van der Waals surface area (Å²) in [6, 6.07) is 0. The number of methoxy groups -OCH3 is 2. The largest absolute Gasteiger partial charge is 0.390 e. The van der Waals surface area contributed by atoms with Gasteiger partial charge in [0.05, 0.1) is 71.8 Å². The lowest BCUT2D eigenvalue weighted by Crippen LogP contribution is -2.55. The van der Waals surface area contributed by atoms with Gasteiger partial charge in [0.15, 0.2) is 23.1 Å². The molecule has 16 aliphatic carbocycles. The molecule has 4 N–H and O–H groups in total. The predicted octanol–water partition coefficient (Wildman–Crippen LogP) is 14.6. The van der Waals surface area contributed by atoms with Crippen molar-refractivity contribution in [2.75, 3.05) is 14.2 Å². The molecule has 0 aromatic carbocycles. The van der Waals surface area contributed by atoms with E-state index in [0.717, 1.165) is 179 Å². The van der Waals surface area contributed by atoms with E-state index in [1.807, 2.05) is 41.9 Å². The van der Waals surface area contributed by atoms with Gasteiger partial charge in [-0.1, -0.05) is 38.1 Å². The molecule has 0 amide bonds. The molecule has 652 valence electrons. The summed E-state index contributed by atoms with van der Waals surface area (Å²) in [6.07, 6.45) is 43.6. The van der Waals surface area contributed by atoms with Crippen LogP contribution in [-0.4, -0.2) is 165 Å². The summed E-state index contributed by atoms with van der Waals surface area (Å²) < 4.78 is 46.0. The van der Waals surface area contributed by atoms with Gasteiger partial charge >= 0.3 is 0 Å². The van der Waals surface area contributed by atoms with Crippen molar-refractivity contribution in [2.45, 2.75) is 334 Å². The highest BCUT2D eigenvalue weighted by Gasteiger charge is 2.66. The van der Waals surface area contributed by atoms with Crippen LogP contribution in [0.5, 0.6) is 0 Å². The van der Waals surface area contributed by atoms with Gasteiger partial charge in [-0.05, 0) is 373 Å². The molecule has 0 radical (unpaired) electrons. The number of ketones is 4. The number of aromatic nitrogens is 12. The summed E-state index contributed by atoms with van der Waals surface area (Å²) in [5.74, 6) is 11.5. The Morgan fingerprint density at radius 1 is 0.331 bits per heavy atom. The van der Waals surface area contributed by atoms with E-state index in [4.69, 9.17) is 9.47 Å². The van der Waals surface area contributed by atoms with E-state index in [-0.39, 0.29) is 87.5 Å². The Labute approximate surface area is 698 Å². The first-order valence-corrected chi connectivity index (χ1v) is 46.9. The molecule has 4 aromatic heterocycles. The minimum atomic E-state index is -0.807. The number of nitrogens with zero attached hydrogens (tertiary/aromatic N) is 12. The fourth-order valence-electron chi connectivity index (χ4n) is 33.0. The third kappa shape index (κ3) is 15.8. The van der Waals surface area contributed by atoms with Crippen molar-refractivity contribution in [1.82, 2.24) is 60.0 Å². The van der Waals surface area contributed by atoms with Crippen molar-refractivity contribution in [3.05, 3.63) is 49.6 Å². The maximum Gasteiger partial charge on any atom is 0.159 e. The molecule has 16 fully saturated rings. The molecule has 0 unspecified atom stereocenters. The van der Waals surface area contributed by atoms with Crippen LogP contribution in [0, 0.1) is 164 Å². The van der Waals surface area contributed by atoms with Gasteiger partial charge in [0.1, 0.15) is 38.5 Å². The zero-order valence-electron chi connectivity index (χ0n) is 72.6. The number of carbonyl (C=O) groups excluding carboxylic acids is 4. The number of carbonyl (C=O) groups is 4. The van der Waals surface area contributed by atoms with Gasteiger partial charge in [-0.2, -0.15) is 30.0 Å². The topological polar surface area (TPSA) is 290 Å². The summed E-state index contributed by atoms with van der Waals surface area (Å²) in [6.45, 7) is 18.3. The quantitative estimate of drug-likeness (QED) is 0.0912. The molecule has 20 rings (SSSR count). The molecule has 24 heteroatoms. The van der Waals surface area contributed by atoms with Crippen molar-refractivity contribution >= 4 is 23.1 Å². The van der Waals surface area contributed by atoms with Gasteiger partial charge < -0.3 is 29.9 Å². The van der Waals surface area contributed by atoms with Crippen molar-refractivity contribution in [3.8, 4) is 0 Å². The molecule has 4 heterocycles. The SMILES string of the molecule is CO[C@@H]1C[C@@H]2[C@H](CC[C@]3(C)[C@@H](C(=O)Cn4ccnn4)CC[C@@H]23)[C@H]2CC[C@@](C)(O)C[C@H]21.CO[C@@H]1C[C@@H]2[C@H](CC[C@]3(C)[C@@H](C(=O)Cn4nccn4)CC[C@@H]23)[C@H]2CC[C@@](C)(O)C[C@H]21.C[C@@]1(O)CC[C@@H]2[C@H]3CC[C@]4(C)[C@@H](C(=O)Cn5ccnn5)CC[C@H]4[C@@H]3C[C@@H](F)[C@@H]2C1.C[C@@]1(O)CC[C@@H]2[C@H]3CC[C@]4(C)[C@@H](C(=O)Cn5nccn5)CC[C@H]4[C@@H]3C[C@@H](F)[C@@H]2C1. The smallest absolute Gasteiger partial charge is 0.159 e. The maximum absolute atomic E-state index is 15.3. The number of halogens is 2. The number of hydrogen-bond donors (Lipinski definition) is 4. The van der Waals surface area contributed by atoms with Crippen LogP contribution in [0.1, 0.15) is 261 Å². The van der Waals surface area contributed by atoms with Gasteiger partial charge in [0.2, 0.25) is 0 Å². The average Bonchev–Trinajstić information content (AvgIpc) is 1.48. The highest BCUT2D eigenvalue weighted by atomic mass is 19.1. The van der Waals surface area contributed by atoms with E-state index in [1.165, 1.54) is 22.4 Å². The Bertz CT molecular complexity index is 3870. The van der Waals surface area contributed by atoms with Crippen LogP contribution in [0.4, 0.5) is 8.78 Å². The maximum atomic E-state index is 15.3. The average molecular weight is 1640 g/mol. The Kier molecular flexibility index (Phi) is 23.6. The second-order valence-electron chi connectivity index (χ2n) is 44.4. The first-order valence-electron chi connectivity index (χ1n) is 46.9. The zero-order chi connectivity index (χ0) is 83.0. The number of fused-ring (bicyclic) bond motifs is 20. The van der Waals surface area contributed by atoms with Crippen LogP contribution in [0.25, 0.3) is 0 Å². The monoisotopic (exact) mass is 1640 g/mol. The van der Waals surface area contributed by atoms with Crippen molar-refractivity contribution < 1.29 is 57.9 Å². The summed E-state index contributed by atoms with van der Waals surface area (Å²) in [4.78, 5) is 55.6. The first kappa shape index (κ1) is 85.0. The van der Waals surface area contributed by atoms with E-state index < -0.39 is 34.7 Å². The summed E-state index contributed by atoms with van der Waals surface area (Å²) in [7, 11) is 3.71. The number of rotatable bonds is 14. The number of hydrogen-bond acceptors (Lipinski definition) is 18. The lowest BCUT2D eigenvalue weighted by Gasteiger charge is -2.58. The van der Waals surface area contributed by atoms with Gasteiger partial charge in [-0.15, -0.1) is 10.2 Å². The Hall–Kier alpha value is -5.14. The van der Waals surface area contributed by atoms with Crippen LogP contribution >= 0.6 is 0 Å². The standard InChI is InChI=1S/2C24H37N3O3.2C23H34FN3O2/c1-23(29)8-6-16-15-7-9-24(2)19(17(15)12-22(30-3)18(16)13-23)4-5-20(24)21(28)14-27-11-10-25-26-27;1-23(29)8-6-16-15-7-9-24(2)19(17(15)12-22(30-3)18(16)13-23)4-5-20(24)21(28)14-27-25-10-11-26-27;1-22(29)7-5-15-14-6-8-23(2)18(16(14)11-20(24)17(15)12-22)3-4-19(23)21(28)13-27-10-9-25-26-27;1-22(29)7-5-15-14-6-8-23(2)18(16(14)11-20(24)17(15)12-22)3-4-19(23)21(28)13-27-25-9-10-26-27/h2*10-11,15-20,22,29H,4-9,12-14H2,1-3H3;2*9-10,14-20,29H,3-8,11-13H2,1-2H3/t2*15-,16-,17-,18-,19+,20-,22-,23-,24+;2*14-,15-,16-,17-,18+,19-,20-,22-,23+/m1111/s1. The van der Waals surface area contributed by atoms with Crippen LogP contribution in [-0.2, 0) is 54.8 Å². The molecule has 0 spiro atoms. The van der Waals surface area contributed by atoms with E-state index >= 15 is 8.78 Å². The van der Waals surface area contributed by atoms with E-state index in [1.54, 1.807) is 58.9 Å². The van der Waals surface area contributed by atoms with Crippen molar-refractivity contribution in [1.29, 1.82) is 0 Å². The molecule has 16 saturated carbocycles. The second-order valence-corrected chi connectivity index (χ2v) is 44.4. The Morgan fingerprint density at radius 2 is 0.585 bits per heavy atom. The fourth-order valence-corrected chi connectivity index (χ4v) is 33.0. The molecule has 16 aliphatic rings. The molecular formula is C94H142F2N12O10. The highest BCUT2D eigenvalue weighted by Crippen LogP contribution is 2.71. The van der Waals surface area contributed by atoms with Gasteiger partial charge in [0, 0.05) is 50.3 Å². The van der Waals surface area contributed by atoms with E-state index in [2.05, 4.69) is 68.7 Å². The van der Waals surface area contributed by atoms with Gasteiger partial charge in [-0.25, -0.2) is 18.1 Å². The molecule has 36 atom stereocenters. The summed E-state index contributed by atoms with van der Waals surface area (Å²) >= 11 is 0. The third-order valence-electron chi connectivity index (χ3n) is 38.3. The van der Waals surface area contributed by atoms with Crippen LogP contribution in [0.15, 0.2) is 49.6 Å². The van der Waals surface area contributed by atoms with Crippen molar-refractivity contribution in [3.63, 3.8) is 0 Å². The normalized spacial score (nSPS) is 48.5. The first-order chi connectivity index (χ1) is 56.2. The lowest BCUT2D eigenvalue weighted by molar-refractivity contribution is -0.155. The van der Waals surface area contributed by atoms with Crippen LogP contribution in [0.2, 0.25) is 0 Å². The van der Waals surface area contributed by atoms with Crippen LogP contribution < -0.4 is 0 Å². The van der Waals surface area contributed by atoms with Crippen LogP contribution in [0.3, 0.4) is 0 Å². The molecule has 4 aromatic rings. The minimum absolute atomic E-state index is 0.00838. The third-order valence-corrected chi connectivity index (χ3v) is 38.3. The Balaban J connectivity index is 0.000000113. The molecule has 0 aliphatic heterocycles. The highest BCUT2D eigenvalue weighted by molar-refractivity contribution is 5.83. The van der Waals surface area contributed by atoms with E-state index in [9.17, 15) is 39.6 Å². The number of alkyl halides is 2. The molecule has 0 saturated heterocycles. The zero-order valence-corrected chi connectivity index (χ0v) is 72.6. The fraction of sp³-hybridized carbons (Fsp3) is 0.872. The Morgan fingerprint density at radius 3 is 0.864 bits per heavy atom. The minimum Gasteiger partial charge on any atom is -0.390 e. The molecule has 0 bridgehead atoms. The number of Topliss-reactive ketones (excluding diaryl/α,β-unsaturated/α-hetero) is 4. The predicted molar refractivity (Wildman–Crippen MR) is 438 cm³/mol. The van der Waals surface area contributed by atoms with Gasteiger partial charge in [0.25, 0.3) is 0 Å². The van der Waals surface area contributed by atoms with E-state index in [0.29, 0.717) is 152 Å².